The Hall–Kier alpha value is -1.75. The number of hydrogen-bond donors (Lipinski definition) is 2. The van der Waals surface area contributed by atoms with E-state index < -0.39 is 0 Å². The molecule has 0 radical (unpaired) electrons. The van der Waals surface area contributed by atoms with Gasteiger partial charge in [-0.1, -0.05) is 6.07 Å². The van der Waals surface area contributed by atoms with Gasteiger partial charge in [0.1, 0.15) is 5.75 Å². The fourth-order valence-electron chi connectivity index (χ4n) is 2.27. The van der Waals surface area contributed by atoms with Gasteiger partial charge in [-0.3, -0.25) is 0 Å². The number of anilines is 1. The SMILES string of the molecule is COc1cccc(NC(=O)N2CCC(C(C)O)C2)c1. The van der Waals surface area contributed by atoms with E-state index in [2.05, 4.69) is 5.32 Å². The number of hydrogen-bond acceptors (Lipinski definition) is 3. The Morgan fingerprint density at radius 2 is 2.37 bits per heavy atom. The Balaban J connectivity index is 1.94. The highest BCUT2D eigenvalue weighted by Crippen LogP contribution is 2.21. The van der Waals surface area contributed by atoms with Gasteiger partial charge < -0.3 is 20.1 Å². The van der Waals surface area contributed by atoms with E-state index in [0.717, 1.165) is 6.42 Å². The number of carbonyl (C=O) groups excluding carboxylic acids is 1. The van der Waals surface area contributed by atoms with E-state index in [1.807, 2.05) is 18.2 Å². The maximum Gasteiger partial charge on any atom is 0.321 e. The number of rotatable bonds is 3. The molecule has 1 aromatic carbocycles. The highest BCUT2D eigenvalue weighted by molar-refractivity contribution is 5.89. The third-order valence-electron chi connectivity index (χ3n) is 3.52. The number of methoxy groups -OCH3 is 1. The molecule has 2 N–H and O–H groups in total. The largest absolute Gasteiger partial charge is 0.497 e. The molecule has 1 heterocycles. The summed E-state index contributed by atoms with van der Waals surface area (Å²) in [5, 5.41) is 12.4. The summed E-state index contributed by atoms with van der Waals surface area (Å²) in [7, 11) is 1.59. The van der Waals surface area contributed by atoms with Crippen LogP contribution in [0.5, 0.6) is 5.75 Å². The van der Waals surface area contributed by atoms with Crippen LogP contribution in [0.15, 0.2) is 24.3 Å². The monoisotopic (exact) mass is 264 g/mol. The lowest BCUT2D eigenvalue weighted by Crippen LogP contribution is -2.34. The predicted molar refractivity (Wildman–Crippen MR) is 73.4 cm³/mol. The van der Waals surface area contributed by atoms with Gasteiger partial charge in [0.15, 0.2) is 0 Å². The summed E-state index contributed by atoms with van der Waals surface area (Å²) in [5.74, 6) is 0.886. The average Bonchev–Trinajstić information content (AvgIpc) is 2.89. The van der Waals surface area contributed by atoms with Crippen LogP contribution < -0.4 is 10.1 Å². The second kappa shape index (κ2) is 5.93. The molecule has 5 nitrogen and oxygen atoms in total. The van der Waals surface area contributed by atoms with E-state index in [-0.39, 0.29) is 18.1 Å². The number of nitrogens with one attached hydrogen (secondary N) is 1. The maximum atomic E-state index is 12.1. The zero-order valence-corrected chi connectivity index (χ0v) is 11.3. The van der Waals surface area contributed by atoms with Gasteiger partial charge in [-0.25, -0.2) is 4.79 Å². The van der Waals surface area contributed by atoms with Crippen molar-refractivity contribution >= 4 is 11.7 Å². The van der Waals surface area contributed by atoms with Crippen molar-refractivity contribution in [1.82, 2.24) is 4.90 Å². The molecule has 5 heteroatoms. The maximum absolute atomic E-state index is 12.1. The molecule has 0 aromatic heterocycles. The minimum Gasteiger partial charge on any atom is -0.497 e. The first-order valence-electron chi connectivity index (χ1n) is 6.48. The van der Waals surface area contributed by atoms with E-state index in [1.165, 1.54) is 0 Å². The highest BCUT2D eigenvalue weighted by atomic mass is 16.5. The molecule has 0 bridgehead atoms. The van der Waals surface area contributed by atoms with Crippen molar-refractivity contribution in [3.8, 4) is 5.75 Å². The first-order chi connectivity index (χ1) is 9.10. The summed E-state index contributed by atoms with van der Waals surface area (Å²) in [6.45, 7) is 3.06. The van der Waals surface area contributed by atoms with Crippen LogP contribution in [0, 0.1) is 5.92 Å². The van der Waals surface area contributed by atoms with E-state index in [4.69, 9.17) is 4.74 Å². The summed E-state index contributed by atoms with van der Waals surface area (Å²) in [4.78, 5) is 13.8. The third kappa shape index (κ3) is 3.38. The number of urea groups is 1. The smallest absolute Gasteiger partial charge is 0.321 e. The molecular formula is C14H20N2O3. The van der Waals surface area contributed by atoms with Crippen molar-refractivity contribution in [3.05, 3.63) is 24.3 Å². The number of likely N-dealkylation sites (tertiary alicyclic amines) is 1. The fraction of sp³-hybridized carbons (Fsp3) is 0.500. The van der Waals surface area contributed by atoms with E-state index >= 15 is 0 Å². The quantitative estimate of drug-likeness (QED) is 0.877. The van der Waals surface area contributed by atoms with Crippen LogP contribution in [0.1, 0.15) is 13.3 Å². The van der Waals surface area contributed by atoms with Gasteiger partial charge in [-0.2, -0.15) is 0 Å². The molecule has 0 aliphatic carbocycles. The van der Waals surface area contributed by atoms with Crippen LogP contribution in [-0.4, -0.2) is 42.3 Å². The lowest BCUT2D eigenvalue weighted by molar-refractivity contribution is 0.130. The standard InChI is InChI=1S/C14H20N2O3/c1-10(17)11-6-7-16(9-11)14(18)15-12-4-3-5-13(8-12)19-2/h3-5,8,10-11,17H,6-7,9H2,1-2H3,(H,15,18). The molecule has 2 atom stereocenters. The van der Waals surface area contributed by atoms with E-state index in [0.29, 0.717) is 24.5 Å². The molecule has 2 amide bonds. The summed E-state index contributed by atoms with van der Waals surface area (Å²) in [5.41, 5.74) is 0.713. The van der Waals surface area contributed by atoms with E-state index in [9.17, 15) is 9.90 Å². The minimum atomic E-state index is -0.366. The van der Waals surface area contributed by atoms with Crippen molar-refractivity contribution in [2.45, 2.75) is 19.4 Å². The predicted octanol–water partition coefficient (Wildman–Crippen LogP) is 1.93. The van der Waals surface area contributed by atoms with Gasteiger partial charge in [0, 0.05) is 30.8 Å². The minimum absolute atomic E-state index is 0.128. The third-order valence-corrected chi connectivity index (χ3v) is 3.52. The molecule has 0 spiro atoms. The number of benzene rings is 1. The van der Waals surface area contributed by atoms with Gasteiger partial charge in [0.25, 0.3) is 0 Å². The number of nitrogens with zero attached hydrogens (tertiary/aromatic N) is 1. The average molecular weight is 264 g/mol. The number of amides is 2. The lowest BCUT2D eigenvalue weighted by atomic mass is 10.0. The van der Waals surface area contributed by atoms with Crippen LogP contribution in [0.4, 0.5) is 10.5 Å². The fourth-order valence-corrected chi connectivity index (χ4v) is 2.27. The number of aliphatic hydroxyl groups is 1. The van der Waals surface area contributed by atoms with Gasteiger partial charge >= 0.3 is 6.03 Å². The number of aliphatic hydroxyl groups excluding tert-OH is 1. The zero-order valence-electron chi connectivity index (χ0n) is 11.3. The summed E-state index contributed by atoms with van der Waals surface area (Å²) < 4.78 is 5.11. The molecule has 0 saturated carbocycles. The summed E-state index contributed by atoms with van der Waals surface area (Å²) >= 11 is 0. The van der Waals surface area contributed by atoms with Gasteiger partial charge in [-0.05, 0) is 25.5 Å². The lowest BCUT2D eigenvalue weighted by Gasteiger charge is -2.18. The Morgan fingerprint density at radius 1 is 1.58 bits per heavy atom. The molecule has 1 aliphatic rings. The molecule has 104 valence electrons. The van der Waals surface area contributed by atoms with Crippen molar-refractivity contribution in [3.63, 3.8) is 0 Å². The van der Waals surface area contributed by atoms with Crippen molar-refractivity contribution in [2.75, 3.05) is 25.5 Å². The van der Waals surface area contributed by atoms with Crippen LogP contribution in [0.3, 0.4) is 0 Å². The van der Waals surface area contributed by atoms with Gasteiger partial charge in [0.05, 0.1) is 13.2 Å². The molecule has 2 unspecified atom stereocenters. The number of carbonyl (C=O) groups is 1. The van der Waals surface area contributed by atoms with Crippen LogP contribution in [0.25, 0.3) is 0 Å². The second-order valence-electron chi connectivity index (χ2n) is 4.90. The molecule has 2 rings (SSSR count). The molecule has 19 heavy (non-hydrogen) atoms. The van der Waals surface area contributed by atoms with Crippen molar-refractivity contribution < 1.29 is 14.6 Å². The highest BCUT2D eigenvalue weighted by Gasteiger charge is 2.28. The topological polar surface area (TPSA) is 61.8 Å². The Morgan fingerprint density at radius 3 is 3.00 bits per heavy atom. The first kappa shape index (κ1) is 13.7. The normalized spacial score (nSPS) is 20.2. The Kier molecular flexibility index (Phi) is 4.27. The molecular weight excluding hydrogens is 244 g/mol. The Labute approximate surface area is 113 Å². The van der Waals surface area contributed by atoms with Crippen LogP contribution >= 0.6 is 0 Å². The van der Waals surface area contributed by atoms with Crippen molar-refractivity contribution in [1.29, 1.82) is 0 Å². The molecule has 1 aromatic rings. The zero-order chi connectivity index (χ0) is 13.8. The van der Waals surface area contributed by atoms with Crippen LogP contribution in [0.2, 0.25) is 0 Å². The Bertz CT molecular complexity index is 448. The van der Waals surface area contributed by atoms with E-state index in [1.54, 1.807) is 25.0 Å². The van der Waals surface area contributed by atoms with Gasteiger partial charge in [-0.15, -0.1) is 0 Å². The molecule has 1 aliphatic heterocycles. The molecule has 1 saturated heterocycles. The second-order valence-corrected chi connectivity index (χ2v) is 4.90. The van der Waals surface area contributed by atoms with Crippen LogP contribution in [-0.2, 0) is 0 Å². The summed E-state index contributed by atoms with van der Waals surface area (Å²) in [6.07, 6.45) is 0.484. The first-order valence-corrected chi connectivity index (χ1v) is 6.48. The summed E-state index contributed by atoms with van der Waals surface area (Å²) in [6, 6.07) is 7.13. The number of ether oxygens (including phenoxy) is 1. The van der Waals surface area contributed by atoms with Gasteiger partial charge in [0.2, 0.25) is 0 Å². The van der Waals surface area contributed by atoms with Crippen molar-refractivity contribution in [2.24, 2.45) is 5.92 Å². The molecule has 1 fully saturated rings.